The molecule has 26 heavy (non-hydrogen) atoms. The zero-order chi connectivity index (χ0) is 19.5. The van der Waals surface area contributed by atoms with E-state index in [0.717, 1.165) is 40.7 Å². The smallest absolute Gasteiger partial charge is 0.266 e. The van der Waals surface area contributed by atoms with Crippen molar-refractivity contribution in [1.82, 2.24) is 14.6 Å². The second-order valence-corrected chi connectivity index (χ2v) is 9.16. The maximum Gasteiger partial charge on any atom is 0.266 e. The molecule has 140 valence electrons. The molecular formula is C15H16FN3O5S2. The van der Waals surface area contributed by atoms with Crippen molar-refractivity contribution in [2.45, 2.75) is 9.79 Å². The second kappa shape index (κ2) is 7.50. The van der Waals surface area contributed by atoms with E-state index in [1.807, 2.05) is 10.3 Å². The summed E-state index contributed by atoms with van der Waals surface area (Å²) in [6.07, 6.45) is 0. The number of sulfonamides is 2. The number of carbonyl (C=O) groups is 1. The summed E-state index contributed by atoms with van der Waals surface area (Å²) in [6.45, 7) is 0. The number of hydrogen-bond acceptors (Lipinski definition) is 5. The normalized spacial score (nSPS) is 12.2. The molecule has 0 unspecified atom stereocenters. The average Bonchev–Trinajstić information content (AvgIpc) is 2.60. The highest BCUT2D eigenvalue weighted by atomic mass is 32.2. The lowest BCUT2D eigenvalue weighted by molar-refractivity contribution is 0.0945. The fourth-order valence-electron chi connectivity index (χ4n) is 1.85. The van der Waals surface area contributed by atoms with Gasteiger partial charge in [0.15, 0.2) is 0 Å². The van der Waals surface area contributed by atoms with Gasteiger partial charge in [0.2, 0.25) is 10.0 Å². The maximum atomic E-state index is 12.8. The van der Waals surface area contributed by atoms with Crippen molar-refractivity contribution in [3.63, 3.8) is 0 Å². The lowest BCUT2D eigenvalue weighted by Crippen LogP contribution is -2.41. The van der Waals surface area contributed by atoms with Crippen molar-refractivity contribution in [2.24, 2.45) is 0 Å². The molecule has 0 aromatic heterocycles. The van der Waals surface area contributed by atoms with Gasteiger partial charge in [0.05, 0.1) is 9.79 Å². The zero-order valence-corrected chi connectivity index (χ0v) is 15.4. The molecule has 0 aliphatic heterocycles. The molecule has 0 aliphatic carbocycles. The Bertz CT molecular complexity index is 1000. The van der Waals surface area contributed by atoms with Crippen molar-refractivity contribution in [3.05, 3.63) is 59.9 Å². The molecule has 2 aromatic carbocycles. The predicted octanol–water partition coefficient (Wildman–Crippen LogP) is 0.699. The quantitative estimate of drug-likeness (QED) is 0.692. The minimum atomic E-state index is -4.12. The Hall–Kier alpha value is -2.34. The summed E-state index contributed by atoms with van der Waals surface area (Å²) in [4.78, 5) is 13.4. The van der Waals surface area contributed by atoms with E-state index in [-0.39, 0.29) is 15.4 Å². The summed E-state index contributed by atoms with van der Waals surface area (Å²) in [6, 6.07) is 9.00. The van der Waals surface area contributed by atoms with E-state index in [2.05, 4.69) is 0 Å². The van der Waals surface area contributed by atoms with Gasteiger partial charge in [0.1, 0.15) is 5.82 Å². The number of nitrogens with one attached hydrogen (secondary N) is 2. The molecule has 0 atom stereocenters. The van der Waals surface area contributed by atoms with Crippen molar-refractivity contribution in [3.8, 4) is 0 Å². The first-order valence-electron chi connectivity index (χ1n) is 7.14. The summed E-state index contributed by atoms with van der Waals surface area (Å²) >= 11 is 0. The van der Waals surface area contributed by atoms with E-state index in [9.17, 15) is 26.0 Å². The number of carbonyl (C=O) groups excluding carboxylic acids is 1. The van der Waals surface area contributed by atoms with E-state index in [1.165, 1.54) is 26.2 Å². The van der Waals surface area contributed by atoms with Crippen LogP contribution in [0.5, 0.6) is 0 Å². The number of rotatable bonds is 6. The van der Waals surface area contributed by atoms with Crippen LogP contribution in [0.3, 0.4) is 0 Å². The molecule has 0 spiro atoms. The summed E-state index contributed by atoms with van der Waals surface area (Å²) < 4.78 is 62.1. The van der Waals surface area contributed by atoms with E-state index >= 15 is 0 Å². The number of hydrazine groups is 1. The Morgan fingerprint density at radius 1 is 0.885 bits per heavy atom. The molecule has 2 N–H and O–H groups in total. The van der Waals surface area contributed by atoms with E-state index < -0.39 is 31.8 Å². The molecule has 2 aromatic rings. The molecule has 0 radical (unpaired) electrons. The fourth-order valence-corrected chi connectivity index (χ4v) is 3.59. The van der Waals surface area contributed by atoms with Crippen LogP contribution in [-0.4, -0.2) is 41.1 Å². The van der Waals surface area contributed by atoms with Gasteiger partial charge in [-0.25, -0.2) is 25.5 Å². The molecule has 0 saturated heterocycles. The lowest BCUT2D eigenvalue weighted by atomic mass is 10.2. The first kappa shape index (κ1) is 20.0. The Morgan fingerprint density at radius 2 is 1.38 bits per heavy atom. The van der Waals surface area contributed by atoms with Gasteiger partial charge >= 0.3 is 0 Å². The molecule has 0 aliphatic rings. The Labute approximate surface area is 150 Å². The minimum Gasteiger partial charge on any atom is -0.273 e. The molecule has 2 rings (SSSR count). The van der Waals surface area contributed by atoms with Gasteiger partial charge in [-0.05, 0) is 48.5 Å². The van der Waals surface area contributed by atoms with Crippen LogP contribution in [0.25, 0.3) is 0 Å². The Kier molecular flexibility index (Phi) is 5.76. The van der Waals surface area contributed by atoms with Crippen LogP contribution in [0.1, 0.15) is 10.4 Å². The molecule has 0 fully saturated rings. The number of halogens is 1. The SMILES string of the molecule is CN(C)S(=O)(=O)c1ccc(S(=O)(=O)NNC(=O)c2ccc(F)cc2)cc1. The minimum absolute atomic E-state index is 0.0570. The van der Waals surface area contributed by atoms with E-state index in [0.29, 0.717) is 0 Å². The van der Waals surface area contributed by atoms with Crippen LogP contribution in [0.4, 0.5) is 4.39 Å². The fraction of sp³-hybridized carbons (Fsp3) is 0.133. The summed E-state index contributed by atoms with van der Waals surface area (Å²) in [5.74, 6) is -1.31. The Balaban J connectivity index is 2.13. The largest absolute Gasteiger partial charge is 0.273 e. The van der Waals surface area contributed by atoms with Crippen LogP contribution in [0.2, 0.25) is 0 Å². The van der Waals surface area contributed by atoms with Gasteiger partial charge in [-0.3, -0.25) is 10.2 Å². The molecule has 11 heteroatoms. The average molecular weight is 401 g/mol. The second-order valence-electron chi connectivity index (χ2n) is 5.33. The van der Waals surface area contributed by atoms with Crippen molar-refractivity contribution >= 4 is 26.0 Å². The van der Waals surface area contributed by atoms with Crippen LogP contribution < -0.4 is 10.3 Å². The predicted molar refractivity (Wildman–Crippen MR) is 91.5 cm³/mol. The summed E-state index contributed by atoms with van der Waals surface area (Å²) in [7, 11) is -5.10. The molecule has 0 bridgehead atoms. The van der Waals surface area contributed by atoms with E-state index in [1.54, 1.807) is 0 Å². The monoisotopic (exact) mass is 401 g/mol. The first-order chi connectivity index (χ1) is 12.0. The number of hydrogen-bond donors (Lipinski definition) is 2. The molecular weight excluding hydrogens is 385 g/mol. The third-order valence-corrected chi connectivity index (χ3v) is 6.41. The van der Waals surface area contributed by atoms with Gasteiger partial charge < -0.3 is 0 Å². The van der Waals surface area contributed by atoms with Gasteiger partial charge in [0, 0.05) is 19.7 Å². The standard InChI is InChI=1S/C15H16FN3O5S2/c1-19(2)26(23,24)14-9-7-13(8-10-14)25(21,22)18-17-15(20)11-3-5-12(16)6-4-11/h3-10,18H,1-2H3,(H,17,20). The molecule has 0 heterocycles. The first-order valence-corrected chi connectivity index (χ1v) is 10.1. The van der Waals surface area contributed by atoms with Gasteiger partial charge in [0.25, 0.3) is 15.9 Å². The van der Waals surface area contributed by atoms with Gasteiger partial charge in [-0.2, -0.15) is 0 Å². The third kappa shape index (κ3) is 4.43. The third-order valence-electron chi connectivity index (χ3n) is 3.32. The van der Waals surface area contributed by atoms with Gasteiger partial charge in [-0.15, -0.1) is 4.83 Å². The van der Waals surface area contributed by atoms with Crippen molar-refractivity contribution < 1.29 is 26.0 Å². The van der Waals surface area contributed by atoms with Crippen LogP contribution in [-0.2, 0) is 20.0 Å². The number of nitrogens with zero attached hydrogens (tertiary/aromatic N) is 1. The maximum absolute atomic E-state index is 12.8. The van der Waals surface area contributed by atoms with Gasteiger partial charge in [-0.1, -0.05) is 0 Å². The highest BCUT2D eigenvalue weighted by Crippen LogP contribution is 2.16. The Morgan fingerprint density at radius 3 is 1.88 bits per heavy atom. The molecule has 8 nitrogen and oxygen atoms in total. The van der Waals surface area contributed by atoms with Crippen LogP contribution in [0, 0.1) is 5.82 Å². The molecule has 1 amide bonds. The van der Waals surface area contributed by atoms with E-state index in [4.69, 9.17) is 0 Å². The van der Waals surface area contributed by atoms with Crippen molar-refractivity contribution in [1.29, 1.82) is 0 Å². The summed E-state index contributed by atoms with van der Waals surface area (Å²) in [5.41, 5.74) is 2.05. The zero-order valence-electron chi connectivity index (χ0n) is 13.8. The van der Waals surface area contributed by atoms with Crippen LogP contribution in [0.15, 0.2) is 58.3 Å². The van der Waals surface area contributed by atoms with Crippen molar-refractivity contribution in [2.75, 3.05) is 14.1 Å². The van der Waals surface area contributed by atoms with Crippen LogP contribution >= 0.6 is 0 Å². The highest BCUT2D eigenvalue weighted by molar-refractivity contribution is 7.89. The lowest BCUT2D eigenvalue weighted by Gasteiger charge is -2.12. The topological polar surface area (TPSA) is 113 Å². The number of benzene rings is 2. The highest BCUT2D eigenvalue weighted by Gasteiger charge is 2.20. The summed E-state index contributed by atoms with van der Waals surface area (Å²) in [5, 5.41) is 0. The molecule has 0 saturated carbocycles. The number of amides is 1.